The third kappa shape index (κ3) is 1.45. The first kappa shape index (κ1) is 9.38. The summed E-state index contributed by atoms with van der Waals surface area (Å²) in [7, 11) is 0. The number of hydrogen-bond donors (Lipinski definition) is 0. The summed E-state index contributed by atoms with van der Waals surface area (Å²) < 4.78 is 5.68. The zero-order valence-electron chi connectivity index (χ0n) is 9.08. The lowest BCUT2D eigenvalue weighted by Crippen LogP contribution is -2.40. The smallest absolute Gasteiger partial charge is 0.142 e. The van der Waals surface area contributed by atoms with E-state index in [2.05, 4.69) is 43.9 Å². The molecule has 0 saturated heterocycles. The van der Waals surface area contributed by atoms with E-state index in [0.717, 1.165) is 18.9 Å². The van der Waals surface area contributed by atoms with Crippen LogP contribution in [0.15, 0.2) is 18.2 Å². The van der Waals surface area contributed by atoms with Crippen molar-refractivity contribution in [1.82, 2.24) is 0 Å². The van der Waals surface area contributed by atoms with Crippen molar-refractivity contribution in [2.24, 2.45) is 0 Å². The van der Waals surface area contributed by atoms with Gasteiger partial charge in [-0.05, 0) is 38.5 Å². The van der Waals surface area contributed by atoms with Crippen LogP contribution in [0, 0.1) is 6.92 Å². The number of ether oxygens (including phenoxy) is 1. The van der Waals surface area contributed by atoms with E-state index in [1.807, 2.05) is 0 Å². The molecule has 0 aromatic heterocycles. The minimum atomic E-state index is 0.481. The van der Waals surface area contributed by atoms with E-state index in [-0.39, 0.29) is 0 Å². The first-order chi connectivity index (χ1) is 6.72. The van der Waals surface area contributed by atoms with Crippen molar-refractivity contribution in [3.63, 3.8) is 0 Å². The highest BCUT2D eigenvalue weighted by Crippen LogP contribution is 2.34. The second-order valence-corrected chi connectivity index (χ2v) is 3.92. The van der Waals surface area contributed by atoms with Crippen LogP contribution in [0.2, 0.25) is 0 Å². The molecular formula is C12H17NO. The van der Waals surface area contributed by atoms with Crippen LogP contribution in [0.4, 0.5) is 5.69 Å². The molecule has 0 amide bonds. The maximum absolute atomic E-state index is 5.68. The van der Waals surface area contributed by atoms with E-state index in [1.54, 1.807) is 0 Å². The third-order valence-corrected chi connectivity index (χ3v) is 2.78. The monoisotopic (exact) mass is 191 g/mol. The van der Waals surface area contributed by atoms with E-state index in [9.17, 15) is 0 Å². The van der Waals surface area contributed by atoms with Crippen LogP contribution >= 0.6 is 0 Å². The average Bonchev–Trinajstić information content (AvgIpc) is 2.17. The number of fused-ring (bicyclic) bond motifs is 1. The normalized spacial score (nSPS) is 20.2. The lowest BCUT2D eigenvalue weighted by Gasteiger charge is -2.36. The Hall–Kier alpha value is -1.18. The predicted octanol–water partition coefficient (Wildman–Crippen LogP) is 2.60. The van der Waals surface area contributed by atoms with E-state index < -0.39 is 0 Å². The van der Waals surface area contributed by atoms with Crippen LogP contribution in [0.25, 0.3) is 0 Å². The molecule has 1 aromatic rings. The van der Waals surface area contributed by atoms with Gasteiger partial charge < -0.3 is 9.64 Å². The van der Waals surface area contributed by atoms with Crippen LogP contribution in [0.3, 0.4) is 0 Å². The molecule has 0 N–H and O–H groups in total. The Morgan fingerprint density at radius 1 is 1.50 bits per heavy atom. The fourth-order valence-corrected chi connectivity index (χ4v) is 1.99. The summed E-state index contributed by atoms with van der Waals surface area (Å²) in [5, 5.41) is 0. The van der Waals surface area contributed by atoms with Crippen molar-refractivity contribution in [1.29, 1.82) is 0 Å². The van der Waals surface area contributed by atoms with Crippen molar-refractivity contribution in [2.45, 2.75) is 26.8 Å². The summed E-state index contributed by atoms with van der Waals surface area (Å²) >= 11 is 0. The molecule has 2 rings (SSSR count). The number of rotatable bonds is 1. The lowest BCUT2D eigenvalue weighted by atomic mass is 10.1. The van der Waals surface area contributed by atoms with E-state index in [1.165, 1.54) is 11.3 Å². The standard InChI is InChI=1S/C12H17NO/c1-4-13-10(3)8-14-12-6-5-9(2)7-11(12)13/h5-7,10H,4,8H2,1-3H3. The summed E-state index contributed by atoms with van der Waals surface area (Å²) in [6.45, 7) is 8.35. The second kappa shape index (κ2) is 3.52. The van der Waals surface area contributed by atoms with Crippen molar-refractivity contribution in [3.05, 3.63) is 23.8 Å². The molecule has 76 valence electrons. The fraction of sp³-hybridized carbons (Fsp3) is 0.500. The van der Waals surface area contributed by atoms with Gasteiger partial charge in [0.1, 0.15) is 12.4 Å². The Bertz CT molecular complexity index is 335. The third-order valence-electron chi connectivity index (χ3n) is 2.78. The van der Waals surface area contributed by atoms with Crippen LogP contribution in [-0.4, -0.2) is 19.2 Å². The second-order valence-electron chi connectivity index (χ2n) is 3.92. The molecule has 1 aliphatic heterocycles. The summed E-state index contributed by atoms with van der Waals surface area (Å²) in [4.78, 5) is 2.39. The Kier molecular flexibility index (Phi) is 2.36. The Morgan fingerprint density at radius 2 is 2.29 bits per heavy atom. The molecule has 0 fully saturated rings. The van der Waals surface area contributed by atoms with Gasteiger partial charge in [0.2, 0.25) is 0 Å². The van der Waals surface area contributed by atoms with Gasteiger partial charge in [-0.25, -0.2) is 0 Å². The van der Waals surface area contributed by atoms with Gasteiger partial charge in [-0.1, -0.05) is 6.07 Å². The fourth-order valence-electron chi connectivity index (χ4n) is 1.99. The van der Waals surface area contributed by atoms with E-state index in [4.69, 9.17) is 4.74 Å². The van der Waals surface area contributed by atoms with Crippen molar-refractivity contribution < 1.29 is 4.74 Å². The molecule has 1 unspecified atom stereocenters. The molecule has 0 bridgehead atoms. The Balaban J connectivity index is 2.43. The molecule has 0 aliphatic carbocycles. The highest BCUT2D eigenvalue weighted by atomic mass is 16.5. The largest absolute Gasteiger partial charge is 0.489 e. The number of hydrogen-bond acceptors (Lipinski definition) is 2. The SMILES string of the molecule is CCN1c2cc(C)ccc2OCC1C. The van der Waals surface area contributed by atoms with Crippen LogP contribution in [-0.2, 0) is 0 Å². The molecule has 1 aromatic carbocycles. The van der Waals surface area contributed by atoms with Gasteiger partial charge in [0.15, 0.2) is 0 Å². The van der Waals surface area contributed by atoms with Crippen molar-refractivity contribution in [2.75, 3.05) is 18.1 Å². The van der Waals surface area contributed by atoms with E-state index in [0.29, 0.717) is 6.04 Å². The summed E-state index contributed by atoms with van der Waals surface area (Å²) in [5.74, 6) is 1.02. The van der Waals surface area contributed by atoms with Gasteiger partial charge in [-0.2, -0.15) is 0 Å². The number of anilines is 1. The summed E-state index contributed by atoms with van der Waals surface area (Å²) in [5.41, 5.74) is 2.53. The molecule has 2 heteroatoms. The zero-order valence-corrected chi connectivity index (χ0v) is 9.08. The minimum Gasteiger partial charge on any atom is -0.489 e. The molecule has 1 atom stereocenters. The van der Waals surface area contributed by atoms with Gasteiger partial charge in [0, 0.05) is 6.54 Å². The molecule has 0 saturated carbocycles. The van der Waals surface area contributed by atoms with Crippen molar-refractivity contribution >= 4 is 5.69 Å². The first-order valence-electron chi connectivity index (χ1n) is 5.22. The van der Waals surface area contributed by atoms with Gasteiger partial charge in [0.25, 0.3) is 0 Å². The van der Waals surface area contributed by atoms with Gasteiger partial charge in [-0.3, -0.25) is 0 Å². The maximum Gasteiger partial charge on any atom is 0.142 e. The van der Waals surface area contributed by atoms with Crippen LogP contribution in [0.5, 0.6) is 5.75 Å². The number of nitrogens with zero attached hydrogens (tertiary/aromatic N) is 1. The molecule has 2 nitrogen and oxygen atoms in total. The average molecular weight is 191 g/mol. The molecule has 14 heavy (non-hydrogen) atoms. The number of benzene rings is 1. The molecule has 0 radical (unpaired) electrons. The minimum absolute atomic E-state index is 0.481. The van der Waals surface area contributed by atoms with Gasteiger partial charge in [0.05, 0.1) is 11.7 Å². The zero-order chi connectivity index (χ0) is 10.1. The van der Waals surface area contributed by atoms with Gasteiger partial charge >= 0.3 is 0 Å². The first-order valence-corrected chi connectivity index (χ1v) is 5.22. The maximum atomic E-state index is 5.68. The topological polar surface area (TPSA) is 12.5 Å². The predicted molar refractivity (Wildman–Crippen MR) is 59.2 cm³/mol. The van der Waals surface area contributed by atoms with Crippen LogP contribution < -0.4 is 9.64 Å². The Morgan fingerprint density at radius 3 is 3.00 bits per heavy atom. The summed E-state index contributed by atoms with van der Waals surface area (Å²) in [6.07, 6.45) is 0. The molecule has 1 aliphatic rings. The molecular weight excluding hydrogens is 174 g/mol. The van der Waals surface area contributed by atoms with Crippen molar-refractivity contribution in [3.8, 4) is 5.75 Å². The quantitative estimate of drug-likeness (QED) is 0.676. The lowest BCUT2D eigenvalue weighted by molar-refractivity contribution is 0.271. The summed E-state index contributed by atoms with van der Waals surface area (Å²) in [6, 6.07) is 6.85. The number of likely N-dealkylation sites (N-methyl/N-ethyl adjacent to an activating group) is 1. The Labute approximate surface area is 85.5 Å². The van der Waals surface area contributed by atoms with Crippen LogP contribution in [0.1, 0.15) is 19.4 Å². The highest BCUT2D eigenvalue weighted by molar-refractivity contribution is 5.61. The molecule has 0 spiro atoms. The number of aryl methyl sites for hydroxylation is 1. The van der Waals surface area contributed by atoms with E-state index >= 15 is 0 Å². The highest BCUT2D eigenvalue weighted by Gasteiger charge is 2.22. The molecule has 1 heterocycles. The van der Waals surface area contributed by atoms with Gasteiger partial charge in [-0.15, -0.1) is 0 Å².